The van der Waals surface area contributed by atoms with Crippen LogP contribution in [0.2, 0.25) is 0 Å². The van der Waals surface area contributed by atoms with Crippen LogP contribution in [0.4, 0.5) is 11.5 Å². The highest BCUT2D eigenvalue weighted by Crippen LogP contribution is 2.48. The third-order valence-electron chi connectivity index (χ3n) is 5.80. The van der Waals surface area contributed by atoms with E-state index in [0.29, 0.717) is 17.2 Å². The third-order valence-corrected chi connectivity index (χ3v) is 5.80. The first-order valence-corrected chi connectivity index (χ1v) is 10.2. The number of nitrogens with zero attached hydrogens (tertiary/aromatic N) is 2. The van der Waals surface area contributed by atoms with E-state index < -0.39 is 5.41 Å². The predicted octanol–water partition coefficient (Wildman–Crippen LogP) is 4.21. The average molecular weight is 399 g/mol. The number of fused-ring (bicyclic) bond motifs is 1. The van der Waals surface area contributed by atoms with Gasteiger partial charge in [0.15, 0.2) is 0 Å². The van der Waals surface area contributed by atoms with Crippen LogP contribution in [0.15, 0.2) is 42.6 Å². The van der Waals surface area contributed by atoms with Gasteiger partial charge in [0.2, 0.25) is 11.8 Å². The van der Waals surface area contributed by atoms with Crippen molar-refractivity contribution < 1.29 is 9.59 Å². The molecule has 0 spiro atoms. The Balaban J connectivity index is 1.37. The highest BCUT2D eigenvalue weighted by Gasteiger charge is 2.44. The number of carbonyl (C=O) groups is 2. The van der Waals surface area contributed by atoms with Gasteiger partial charge in [-0.15, -0.1) is 0 Å². The number of aromatic nitrogens is 2. The van der Waals surface area contributed by atoms with Crippen molar-refractivity contribution in [1.82, 2.24) is 9.97 Å². The Labute approximate surface area is 173 Å². The molecule has 2 fully saturated rings. The lowest BCUT2D eigenvalue weighted by molar-refractivity contribution is -0.118. The van der Waals surface area contributed by atoms with Crippen molar-refractivity contribution in [1.29, 1.82) is 5.26 Å². The zero-order chi connectivity index (χ0) is 20.7. The van der Waals surface area contributed by atoms with Gasteiger partial charge in [0.05, 0.1) is 11.5 Å². The third kappa shape index (κ3) is 3.64. The predicted molar refractivity (Wildman–Crippen MR) is 113 cm³/mol. The van der Waals surface area contributed by atoms with E-state index >= 15 is 0 Å². The summed E-state index contributed by atoms with van der Waals surface area (Å²) in [5, 5.41) is 15.9. The first-order valence-electron chi connectivity index (χ1n) is 10.2. The summed E-state index contributed by atoms with van der Waals surface area (Å²) >= 11 is 0. The summed E-state index contributed by atoms with van der Waals surface area (Å²) in [6.45, 7) is 0. The second-order valence-electron chi connectivity index (χ2n) is 8.25. The van der Waals surface area contributed by atoms with Gasteiger partial charge in [0.1, 0.15) is 11.5 Å². The summed E-state index contributed by atoms with van der Waals surface area (Å²) in [6, 6.07) is 13.6. The monoisotopic (exact) mass is 399 g/mol. The van der Waals surface area contributed by atoms with Gasteiger partial charge < -0.3 is 15.6 Å². The van der Waals surface area contributed by atoms with Gasteiger partial charge in [-0.25, -0.2) is 4.98 Å². The molecule has 150 valence electrons. The number of nitriles is 1. The van der Waals surface area contributed by atoms with Crippen LogP contribution in [0, 0.1) is 22.7 Å². The molecule has 5 rings (SSSR count). The SMILES string of the molecule is N#CC1(CC(=O)Nc2ccc(-c3cc(NC(=O)C4CC4)nc4[nH]ccc34)cc2)CC1. The number of benzene rings is 1. The molecular formula is C23H21N5O2. The van der Waals surface area contributed by atoms with Crippen LogP contribution in [-0.2, 0) is 9.59 Å². The minimum Gasteiger partial charge on any atom is -0.346 e. The van der Waals surface area contributed by atoms with Crippen LogP contribution in [0.1, 0.15) is 32.1 Å². The topological polar surface area (TPSA) is 111 Å². The molecule has 0 saturated heterocycles. The van der Waals surface area contributed by atoms with Crippen molar-refractivity contribution in [2.24, 2.45) is 11.3 Å². The number of H-pyrrole nitrogens is 1. The molecule has 0 radical (unpaired) electrons. The Morgan fingerprint density at radius 3 is 2.60 bits per heavy atom. The molecule has 2 heterocycles. The van der Waals surface area contributed by atoms with Crippen LogP contribution in [0.3, 0.4) is 0 Å². The van der Waals surface area contributed by atoms with Gasteiger partial charge in [-0.3, -0.25) is 9.59 Å². The lowest BCUT2D eigenvalue weighted by Crippen LogP contribution is -2.16. The molecule has 2 aliphatic rings. The molecule has 0 atom stereocenters. The number of hydrogen-bond acceptors (Lipinski definition) is 4. The second kappa shape index (κ2) is 6.99. The van der Waals surface area contributed by atoms with Crippen LogP contribution >= 0.6 is 0 Å². The molecule has 30 heavy (non-hydrogen) atoms. The molecule has 2 aliphatic carbocycles. The molecule has 0 aliphatic heterocycles. The summed E-state index contributed by atoms with van der Waals surface area (Å²) in [5.74, 6) is 0.515. The van der Waals surface area contributed by atoms with Crippen molar-refractivity contribution in [3.8, 4) is 17.2 Å². The Kier molecular flexibility index (Phi) is 4.28. The van der Waals surface area contributed by atoms with E-state index in [2.05, 4.69) is 26.7 Å². The molecule has 3 aromatic rings. The number of rotatable bonds is 6. The second-order valence-corrected chi connectivity index (χ2v) is 8.25. The van der Waals surface area contributed by atoms with E-state index in [1.54, 1.807) is 0 Å². The van der Waals surface area contributed by atoms with Crippen molar-refractivity contribution >= 4 is 34.4 Å². The summed E-state index contributed by atoms with van der Waals surface area (Å²) in [6.07, 6.45) is 5.53. The number of pyridine rings is 1. The normalized spacial score (nSPS) is 16.6. The molecule has 7 nitrogen and oxygen atoms in total. The van der Waals surface area contributed by atoms with Crippen LogP contribution in [0.25, 0.3) is 22.2 Å². The molecular weight excluding hydrogens is 378 g/mol. The van der Waals surface area contributed by atoms with Crippen LogP contribution in [-0.4, -0.2) is 21.8 Å². The number of aromatic amines is 1. The van der Waals surface area contributed by atoms with E-state index in [1.807, 2.05) is 42.6 Å². The highest BCUT2D eigenvalue weighted by molar-refractivity contribution is 5.99. The molecule has 7 heteroatoms. The number of amides is 2. The van der Waals surface area contributed by atoms with Gasteiger partial charge in [0, 0.05) is 29.6 Å². The van der Waals surface area contributed by atoms with Crippen LogP contribution in [0.5, 0.6) is 0 Å². The molecule has 2 amide bonds. The Bertz CT molecular complexity index is 1180. The fourth-order valence-corrected chi connectivity index (χ4v) is 3.64. The van der Waals surface area contributed by atoms with E-state index in [9.17, 15) is 9.59 Å². The molecule has 0 bridgehead atoms. The fourth-order valence-electron chi connectivity index (χ4n) is 3.64. The minimum atomic E-state index is -0.456. The Morgan fingerprint density at radius 2 is 1.93 bits per heavy atom. The largest absolute Gasteiger partial charge is 0.346 e. The molecule has 2 saturated carbocycles. The zero-order valence-corrected chi connectivity index (χ0v) is 16.4. The lowest BCUT2D eigenvalue weighted by atomic mass is 10.0. The van der Waals surface area contributed by atoms with Crippen molar-refractivity contribution in [2.75, 3.05) is 10.6 Å². The molecule has 2 aromatic heterocycles. The Morgan fingerprint density at radius 1 is 1.17 bits per heavy atom. The van der Waals surface area contributed by atoms with Crippen molar-refractivity contribution in [2.45, 2.75) is 32.1 Å². The minimum absolute atomic E-state index is 0.0169. The number of hydrogen-bond donors (Lipinski definition) is 3. The van der Waals surface area contributed by atoms with E-state index in [0.717, 1.165) is 42.2 Å². The molecule has 0 unspecified atom stereocenters. The van der Waals surface area contributed by atoms with Gasteiger partial charge in [-0.05, 0) is 61.1 Å². The maximum Gasteiger partial charge on any atom is 0.228 e. The van der Waals surface area contributed by atoms with Crippen molar-refractivity contribution in [3.63, 3.8) is 0 Å². The molecule has 3 N–H and O–H groups in total. The van der Waals surface area contributed by atoms with Crippen LogP contribution < -0.4 is 10.6 Å². The van der Waals surface area contributed by atoms with Gasteiger partial charge >= 0.3 is 0 Å². The van der Waals surface area contributed by atoms with E-state index in [1.165, 1.54) is 0 Å². The zero-order valence-electron chi connectivity index (χ0n) is 16.4. The standard InChI is InChI=1S/C23H21N5O2/c24-13-23(8-9-23)12-20(29)26-16-5-3-14(4-6-16)18-11-19(28-22(30)15-1-2-15)27-21-17(18)7-10-25-21/h3-7,10-11,15H,1-2,8-9,12H2,(H,26,29)(H2,25,27,28,30). The maximum atomic E-state index is 12.2. The number of carbonyl (C=O) groups excluding carboxylic acids is 2. The first-order chi connectivity index (χ1) is 14.5. The Hall–Kier alpha value is -3.66. The summed E-state index contributed by atoms with van der Waals surface area (Å²) in [4.78, 5) is 32.0. The van der Waals surface area contributed by atoms with E-state index in [-0.39, 0.29) is 24.2 Å². The number of anilines is 2. The average Bonchev–Trinajstić information content (AvgIpc) is 3.66. The maximum absolute atomic E-state index is 12.2. The quantitative estimate of drug-likeness (QED) is 0.576. The molecule has 1 aromatic carbocycles. The lowest BCUT2D eigenvalue weighted by Gasteiger charge is -2.11. The van der Waals surface area contributed by atoms with Crippen molar-refractivity contribution in [3.05, 3.63) is 42.6 Å². The smallest absolute Gasteiger partial charge is 0.228 e. The van der Waals surface area contributed by atoms with Gasteiger partial charge in [0.25, 0.3) is 0 Å². The van der Waals surface area contributed by atoms with E-state index in [4.69, 9.17) is 5.26 Å². The fraction of sp³-hybridized carbons (Fsp3) is 0.304. The first kappa shape index (κ1) is 18.4. The number of nitrogens with one attached hydrogen (secondary N) is 3. The summed E-state index contributed by atoms with van der Waals surface area (Å²) < 4.78 is 0. The summed E-state index contributed by atoms with van der Waals surface area (Å²) in [7, 11) is 0. The van der Waals surface area contributed by atoms with Gasteiger partial charge in [-0.2, -0.15) is 5.26 Å². The van der Waals surface area contributed by atoms with Gasteiger partial charge in [-0.1, -0.05) is 12.1 Å². The summed E-state index contributed by atoms with van der Waals surface area (Å²) in [5.41, 5.74) is 2.85. The highest BCUT2D eigenvalue weighted by atomic mass is 16.2.